The van der Waals surface area contributed by atoms with Crippen LogP contribution in [0.15, 0.2) is 47.6 Å². The second kappa shape index (κ2) is 6.43. The molecule has 0 aliphatic rings. The maximum atomic E-state index is 13.6. The van der Waals surface area contributed by atoms with Gasteiger partial charge >= 0.3 is 0 Å². The van der Waals surface area contributed by atoms with E-state index in [1.807, 2.05) is 0 Å². The molecular weight excluding hydrogens is 321 g/mol. The van der Waals surface area contributed by atoms with E-state index in [4.69, 9.17) is 0 Å². The van der Waals surface area contributed by atoms with Crippen LogP contribution in [-0.2, 0) is 10.0 Å². The van der Waals surface area contributed by atoms with Gasteiger partial charge in [0.25, 0.3) is 5.91 Å². The Bertz CT molecular complexity index is 820. The predicted molar refractivity (Wildman–Crippen MR) is 84.2 cm³/mol. The summed E-state index contributed by atoms with van der Waals surface area (Å²) >= 11 is 0. The number of rotatable bonds is 4. The van der Waals surface area contributed by atoms with E-state index in [1.165, 1.54) is 62.6 Å². The molecule has 2 aromatic rings. The summed E-state index contributed by atoms with van der Waals surface area (Å²) in [5.41, 5.74) is 0.344. The quantitative estimate of drug-likeness (QED) is 0.852. The Labute approximate surface area is 134 Å². The molecule has 6 nitrogen and oxygen atoms in total. The van der Waals surface area contributed by atoms with Crippen LogP contribution in [0.2, 0.25) is 0 Å². The minimum absolute atomic E-state index is 0.104. The van der Waals surface area contributed by atoms with Gasteiger partial charge in [0.05, 0.1) is 16.7 Å². The first-order chi connectivity index (χ1) is 10.7. The number of halogens is 1. The van der Waals surface area contributed by atoms with Crippen LogP contribution in [0.5, 0.6) is 0 Å². The van der Waals surface area contributed by atoms with Crippen molar-refractivity contribution in [2.75, 3.05) is 26.0 Å². The Hall–Kier alpha value is -2.32. The lowest BCUT2D eigenvalue weighted by Crippen LogP contribution is -2.27. The average Bonchev–Trinajstić information content (AvgIpc) is 2.54. The summed E-state index contributed by atoms with van der Waals surface area (Å²) in [5.74, 6) is -1.26. The molecule has 122 valence electrons. The fourth-order valence-corrected chi connectivity index (χ4v) is 2.80. The van der Waals surface area contributed by atoms with Crippen molar-refractivity contribution >= 4 is 21.6 Å². The van der Waals surface area contributed by atoms with Gasteiger partial charge in [-0.05, 0) is 30.3 Å². The van der Waals surface area contributed by atoms with Crippen LogP contribution in [0.4, 0.5) is 10.1 Å². The summed E-state index contributed by atoms with van der Waals surface area (Å²) < 4.78 is 38.7. The molecule has 23 heavy (non-hydrogen) atoms. The molecule has 1 aromatic heterocycles. The molecule has 0 aliphatic carbocycles. The van der Waals surface area contributed by atoms with Crippen molar-refractivity contribution in [2.24, 2.45) is 0 Å². The first-order valence-corrected chi connectivity index (χ1v) is 8.09. The van der Waals surface area contributed by atoms with E-state index in [0.29, 0.717) is 5.69 Å². The van der Waals surface area contributed by atoms with Gasteiger partial charge in [-0.25, -0.2) is 17.1 Å². The van der Waals surface area contributed by atoms with Crippen molar-refractivity contribution in [3.05, 3.63) is 54.1 Å². The van der Waals surface area contributed by atoms with Crippen LogP contribution in [0.1, 0.15) is 10.4 Å². The van der Waals surface area contributed by atoms with Crippen molar-refractivity contribution in [3.63, 3.8) is 0 Å². The highest BCUT2D eigenvalue weighted by molar-refractivity contribution is 7.89. The molecule has 0 radical (unpaired) electrons. The van der Waals surface area contributed by atoms with Crippen molar-refractivity contribution in [2.45, 2.75) is 4.90 Å². The van der Waals surface area contributed by atoms with Gasteiger partial charge in [0.15, 0.2) is 5.82 Å². The Morgan fingerprint density at radius 1 is 1.09 bits per heavy atom. The highest BCUT2D eigenvalue weighted by atomic mass is 32.2. The number of hydrogen-bond acceptors (Lipinski definition) is 4. The number of hydrogen-bond donors (Lipinski definition) is 0. The van der Waals surface area contributed by atoms with Crippen LogP contribution in [0.3, 0.4) is 0 Å². The Morgan fingerprint density at radius 3 is 2.22 bits per heavy atom. The molecule has 8 heteroatoms. The summed E-state index contributed by atoms with van der Waals surface area (Å²) in [5, 5.41) is 0. The summed E-state index contributed by atoms with van der Waals surface area (Å²) in [7, 11) is 0.818. The third kappa shape index (κ3) is 3.38. The van der Waals surface area contributed by atoms with Crippen LogP contribution >= 0.6 is 0 Å². The number of aromatic nitrogens is 1. The molecule has 0 spiro atoms. The van der Waals surface area contributed by atoms with Gasteiger partial charge in [0.2, 0.25) is 10.0 Å². The van der Waals surface area contributed by atoms with Crippen molar-refractivity contribution in [1.29, 1.82) is 0 Å². The van der Waals surface area contributed by atoms with Crippen molar-refractivity contribution in [1.82, 2.24) is 9.29 Å². The second-order valence-corrected chi connectivity index (χ2v) is 7.15. The zero-order valence-corrected chi connectivity index (χ0v) is 13.7. The SMILES string of the molecule is CN(C(=O)c1ccncc1F)c1ccc(S(=O)(=O)N(C)C)cc1. The Balaban J connectivity index is 2.29. The first-order valence-electron chi connectivity index (χ1n) is 6.65. The van der Waals surface area contributed by atoms with Gasteiger partial charge in [-0.3, -0.25) is 9.78 Å². The van der Waals surface area contributed by atoms with E-state index >= 15 is 0 Å². The van der Waals surface area contributed by atoms with Crippen LogP contribution < -0.4 is 4.90 Å². The van der Waals surface area contributed by atoms with Gasteiger partial charge in [0, 0.05) is 33.0 Å². The molecule has 0 saturated carbocycles. The van der Waals surface area contributed by atoms with Gasteiger partial charge in [-0.15, -0.1) is 0 Å². The fraction of sp³-hybridized carbons (Fsp3) is 0.200. The number of carbonyl (C=O) groups excluding carboxylic acids is 1. The number of benzene rings is 1. The summed E-state index contributed by atoms with van der Waals surface area (Å²) in [6, 6.07) is 7.08. The van der Waals surface area contributed by atoms with Crippen molar-refractivity contribution in [3.8, 4) is 0 Å². The van der Waals surface area contributed by atoms with Crippen LogP contribution in [0.25, 0.3) is 0 Å². The van der Waals surface area contributed by atoms with Crippen LogP contribution in [-0.4, -0.2) is 44.8 Å². The fourth-order valence-electron chi connectivity index (χ4n) is 1.90. The molecular formula is C15H16FN3O3S. The van der Waals surface area contributed by atoms with Gasteiger partial charge in [-0.1, -0.05) is 0 Å². The maximum Gasteiger partial charge on any atom is 0.261 e. The molecule has 0 aliphatic heterocycles. The highest BCUT2D eigenvalue weighted by Gasteiger charge is 2.20. The van der Waals surface area contributed by atoms with E-state index in [-0.39, 0.29) is 10.5 Å². The molecule has 0 fully saturated rings. The molecule has 2 rings (SSSR count). The van der Waals surface area contributed by atoms with Crippen LogP contribution in [0, 0.1) is 5.82 Å². The lowest BCUT2D eigenvalue weighted by molar-refractivity contribution is 0.0989. The van der Waals surface area contributed by atoms with Crippen molar-refractivity contribution < 1.29 is 17.6 Å². The highest BCUT2D eigenvalue weighted by Crippen LogP contribution is 2.20. The molecule has 0 saturated heterocycles. The average molecular weight is 337 g/mol. The van der Waals surface area contributed by atoms with E-state index in [9.17, 15) is 17.6 Å². The molecule has 0 atom stereocenters. The molecule has 1 heterocycles. The number of nitrogens with zero attached hydrogens (tertiary/aromatic N) is 3. The van der Waals surface area contributed by atoms with E-state index in [0.717, 1.165) is 10.5 Å². The summed E-state index contributed by atoms with van der Waals surface area (Å²) in [4.78, 5) is 17.2. The summed E-state index contributed by atoms with van der Waals surface area (Å²) in [6.07, 6.45) is 2.30. The Morgan fingerprint density at radius 2 is 1.70 bits per heavy atom. The Kier molecular flexibility index (Phi) is 4.76. The predicted octanol–water partition coefficient (Wildman–Crippen LogP) is 1.75. The smallest absolute Gasteiger partial charge is 0.261 e. The monoisotopic (exact) mass is 337 g/mol. The second-order valence-electron chi connectivity index (χ2n) is 5.00. The molecule has 1 aromatic carbocycles. The maximum absolute atomic E-state index is 13.6. The topological polar surface area (TPSA) is 70.6 Å². The van der Waals surface area contributed by atoms with Gasteiger partial charge < -0.3 is 4.90 Å². The largest absolute Gasteiger partial charge is 0.311 e. The minimum atomic E-state index is -3.54. The van der Waals surface area contributed by atoms with Gasteiger partial charge in [-0.2, -0.15) is 0 Å². The minimum Gasteiger partial charge on any atom is -0.311 e. The first kappa shape index (κ1) is 17.0. The lowest BCUT2D eigenvalue weighted by atomic mass is 10.2. The third-order valence-corrected chi connectivity index (χ3v) is 5.14. The van der Waals surface area contributed by atoms with Gasteiger partial charge in [0.1, 0.15) is 0 Å². The number of sulfonamides is 1. The number of pyridine rings is 1. The number of anilines is 1. The van der Waals surface area contributed by atoms with E-state index in [2.05, 4.69) is 4.98 Å². The standard InChI is InChI=1S/C15H16FN3O3S/c1-18(2)23(21,22)12-6-4-11(5-7-12)19(3)15(20)13-8-9-17-10-14(13)16/h4-10H,1-3H3. The molecule has 0 N–H and O–H groups in total. The molecule has 0 unspecified atom stereocenters. The molecule has 1 amide bonds. The zero-order valence-electron chi connectivity index (χ0n) is 12.9. The van der Waals surface area contributed by atoms with E-state index < -0.39 is 21.7 Å². The molecule has 0 bridgehead atoms. The normalized spacial score (nSPS) is 11.5. The lowest BCUT2D eigenvalue weighted by Gasteiger charge is -2.18. The number of amides is 1. The summed E-state index contributed by atoms with van der Waals surface area (Å²) in [6.45, 7) is 0. The number of carbonyl (C=O) groups is 1. The third-order valence-electron chi connectivity index (χ3n) is 3.31. The zero-order chi connectivity index (χ0) is 17.2. The van der Waals surface area contributed by atoms with E-state index in [1.54, 1.807) is 0 Å².